The number of aromatic hydroxyl groups is 2. The quantitative estimate of drug-likeness (QED) is 0.00742. The maximum atomic E-state index is 13.0. The van der Waals surface area contributed by atoms with Crippen molar-refractivity contribution in [2.75, 3.05) is 43.0 Å². The number of phenols is 2. The van der Waals surface area contributed by atoms with Crippen molar-refractivity contribution < 1.29 is 29.7 Å². The molecule has 1 aliphatic carbocycles. The van der Waals surface area contributed by atoms with Crippen LogP contribution in [0.4, 0.5) is 34.1 Å². The number of benzene rings is 7. The summed E-state index contributed by atoms with van der Waals surface area (Å²) in [5.74, 6) is -0.146. The number of nitrogens with zero attached hydrogens (tertiary/aromatic N) is 3. The number of nitrogen functional groups attached to an aromatic ring is 2. The van der Waals surface area contributed by atoms with Crippen LogP contribution in [0.15, 0.2) is 174 Å². The van der Waals surface area contributed by atoms with Crippen LogP contribution < -0.4 is 42.6 Å². The van der Waals surface area contributed by atoms with Crippen molar-refractivity contribution in [3.63, 3.8) is 0 Å². The molecule has 0 spiro atoms. The second kappa shape index (κ2) is 25.7. The molecule has 0 fully saturated rings. The third kappa shape index (κ3) is 13.7. The summed E-state index contributed by atoms with van der Waals surface area (Å²) in [5.41, 5.74) is 28.0. The normalized spacial score (nSPS) is 12.8. The molecule has 398 valence electrons. The van der Waals surface area contributed by atoms with Crippen molar-refractivity contribution in [1.29, 1.82) is 0 Å². The molecule has 0 atom stereocenters. The minimum Gasteiger partial charge on any atom is -0.506 e. The van der Waals surface area contributed by atoms with Gasteiger partial charge in [-0.1, -0.05) is 92.4 Å². The Morgan fingerprint density at radius 2 is 1.15 bits per heavy atom. The number of anilines is 3. The molecule has 0 radical (unpaired) electrons. The predicted octanol–water partition coefficient (Wildman–Crippen LogP) is 11.0. The van der Waals surface area contributed by atoms with Gasteiger partial charge in [0.25, 0.3) is 11.8 Å². The third-order valence-electron chi connectivity index (χ3n) is 14.1. The topological polar surface area (TPSA) is 220 Å². The van der Waals surface area contributed by atoms with Crippen LogP contribution in [-0.4, -0.2) is 58.9 Å². The number of hydrogen-bond acceptors (Lipinski definition) is 10. The number of aryl methyl sites for hydroxylation is 1. The molecule has 1 heterocycles. The lowest BCUT2D eigenvalue weighted by Crippen LogP contribution is -2.71. The standard InChI is InChI=1S/C64H68N10O4/c1-42-35-49(72-56-40-61(75)51(65)37-55(56)71-48-17-9-7-10-18-48)29-30-53(42)67-31-13-3-5-15-33-69-63(77)46-25-21-44(22-26-46)45-23-27-47(28-24-45)64(78)70-34-16-6-4-14-32-68-54-39-60-57(36-43(54)2)73-58-41-62(76)52(66)38-59(58)74(60)50-19-11-8-12-20-50/h7-12,17-28,30,35-41,67H,3-6,13-16,29,31-34H2,1-2H3,(H9,65,66,68,69,70,71,73,75,76,77,78)/p+2. The van der Waals surface area contributed by atoms with Gasteiger partial charge in [0.1, 0.15) is 33.9 Å². The lowest BCUT2D eigenvalue weighted by Gasteiger charge is -2.17. The zero-order chi connectivity index (χ0) is 54.4. The van der Waals surface area contributed by atoms with E-state index in [-0.39, 0.29) is 23.3 Å². The van der Waals surface area contributed by atoms with Crippen LogP contribution in [0.3, 0.4) is 0 Å². The number of carbonyl (C=O) groups excluding carboxylic acids is 2. The maximum absolute atomic E-state index is 13.0. The average molecular weight is 1040 g/mol. The van der Waals surface area contributed by atoms with E-state index in [1.54, 1.807) is 24.3 Å². The van der Waals surface area contributed by atoms with Gasteiger partial charge in [-0.25, -0.2) is 9.98 Å². The fourth-order valence-corrected chi connectivity index (χ4v) is 9.75. The first kappa shape index (κ1) is 53.8. The zero-order valence-electron chi connectivity index (χ0n) is 44.5. The number of aromatic nitrogens is 2. The number of rotatable bonds is 23. The van der Waals surface area contributed by atoms with Crippen LogP contribution in [0.25, 0.3) is 38.9 Å². The second-order valence-corrected chi connectivity index (χ2v) is 20.0. The number of nitrogens with two attached hydrogens (primary N) is 3. The first-order chi connectivity index (χ1) is 38.0. The van der Waals surface area contributed by atoms with Gasteiger partial charge in [0, 0.05) is 103 Å². The van der Waals surface area contributed by atoms with E-state index < -0.39 is 0 Å². The molecular weight excluding hydrogens is 973 g/mol. The van der Waals surface area contributed by atoms with E-state index in [1.807, 2.05) is 115 Å². The average Bonchev–Trinajstić information content (AvgIpc) is 3.60. The van der Waals surface area contributed by atoms with Crippen molar-refractivity contribution >= 4 is 73.7 Å². The van der Waals surface area contributed by atoms with Crippen LogP contribution in [0.1, 0.15) is 91.0 Å². The van der Waals surface area contributed by atoms with Gasteiger partial charge >= 0.3 is 0 Å². The maximum Gasteiger partial charge on any atom is 0.251 e. The lowest BCUT2D eigenvalue weighted by molar-refractivity contribution is -0.538. The summed E-state index contributed by atoms with van der Waals surface area (Å²) >= 11 is 0. The minimum atomic E-state index is -0.0914. The van der Waals surface area contributed by atoms with Gasteiger partial charge in [-0.15, -0.1) is 4.57 Å². The van der Waals surface area contributed by atoms with E-state index in [2.05, 4.69) is 64.0 Å². The van der Waals surface area contributed by atoms with Crippen LogP contribution >= 0.6 is 0 Å². The van der Waals surface area contributed by atoms with Crippen molar-refractivity contribution in [3.8, 4) is 28.3 Å². The molecule has 12 N–H and O–H groups in total. The van der Waals surface area contributed by atoms with Gasteiger partial charge in [-0.2, -0.15) is 0 Å². The summed E-state index contributed by atoms with van der Waals surface area (Å²) in [7, 11) is 0. The molecule has 78 heavy (non-hydrogen) atoms. The van der Waals surface area contributed by atoms with E-state index in [0.717, 1.165) is 137 Å². The van der Waals surface area contributed by atoms with Gasteiger partial charge in [-0.05, 0) is 110 Å². The molecule has 0 unspecified atom stereocenters. The number of nitrogens with one attached hydrogen (secondary N) is 4. The third-order valence-corrected chi connectivity index (χ3v) is 14.1. The number of aliphatic imine (C=N–C) groups is 1. The Labute approximate surface area is 456 Å². The Hall–Kier alpha value is -9.01. The van der Waals surface area contributed by atoms with E-state index in [0.29, 0.717) is 53.2 Å². The molecule has 14 nitrogen and oxygen atoms in total. The fourth-order valence-electron chi connectivity index (χ4n) is 9.75. The van der Waals surface area contributed by atoms with Gasteiger partial charge in [0.15, 0.2) is 5.69 Å². The summed E-state index contributed by atoms with van der Waals surface area (Å²) in [5, 5.41) is 36.1. The Bertz CT molecular complexity index is 3510. The predicted molar refractivity (Wildman–Crippen MR) is 315 cm³/mol. The fraction of sp³-hybridized carbons (Fsp3) is 0.234. The highest BCUT2D eigenvalue weighted by Gasteiger charge is 2.23. The first-order valence-electron chi connectivity index (χ1n) is 27.0. The number of amides is 2. The lowest BCUT2D eigenvalue weighted by atomic mass is 10.0. The van der Waals surface area contributed by atoms with Crippen molar-refractivity contribution in [2.45, 2.75) is 71.6 Å². The smallest absolute Gasteiger partial charge is 0.251 e. The Morgan fingerprint density at radius 3 is 1.77 bits per heavy atom. The molecule has 0 bridgehead atoms. The second-order valence-electron chi connectivity index (χ2n) is 20.0. The van der Waals surface area contributed by atoms with E-state index in [1.165, 1.54) is 0 Å². The van der Waals surface area contributed by atoms with Gasteiger partial charge in [0.2, 0.25) is 16.7 Å². The summed E-state index contributed by atoms with van der Waals surface area (Å²) in [6.45, 7) is 7.05. The molecule has 7 aromatic carbocycles. The summed E-state index contributed by atoms with van der Waals surface area (Å²) < 4.78 is 2.14. The first-order valence-corrected chi connectivity index (χ1v) is 27.0. The van der Waals surface area contributed by atoms with E-state index in [9.17, 15) is 19.8 Å². The van der Waals surface area contributed by atoms with Crippen LogP contribution in [0, 0.1) is 6.92 Å². The van der Waals surface area contributed by atoms with E-state index >= 15 is 0 Å². The van der Waals surface area contributed by atoms with Crippen molar-refractivity contribution in [2.24, 2.45) is 4.99 Å². The molecule has 8 aromatic rings. The highest BCUT2D eigenvalue weighted by molar-refractivity contribution is 6.01. The van der Waals surface area contributed by atoms with Crippen LogP contribution in [0.5, 0.6) is 11.5 Å². The highest BCUT2D eigenvalue weighted by atomic mass is 16.3. The molecule has 1 aliphatic rings. The van der Waals surface area contributed by atoms with Crippen molar-refractivity contribution in [3.05, 3.63) is 186 Å². The number of para-hydroxylation sites is 2. The number of fused-ring (bicyclic) bond motifs is 2. The summed E-state index contributed by atoms with van der Waals surface area (Å²) in [6.07, 6.45) is 12.8. The largest absolute Gasteiger partial charge is 0.506 e. The van der Waals surface area contributed by atoms with Gasteiger partial charge in [-0.3, -0.25) is 14.9 Å². The number of phenolic OH excluding ortho intramolecular Hbond substituents is 2. The monoisotopic (exact) mass is 1040 g/mol. The van der Waals surface area contributed by atoms with Crippen LogP contribution in [-0.2, 0) is 0 Å². The highest BCUT2D eigenvalue weighted by Crippen LogP contribution is 2.34. The molecule has 0 saturated heterocycles. The molecule has 0 saturated carbocycles. The molecular formula is C64H70N10O4+2. The number of allylic oxidation sites excluding steroid dienone is 3. The summed E-state index contributed by atoms with van der Waals surface area (Å²) in [6, 6.07) is 46.2. The van der Waals surface area contributed by atoms with Gasteiger partial charge < -0.3 is 42.9 Å². The molecule has 14 heteroatoms. The zero-order valence-corrected chi connectivity index (χ0v) is 44.5. The Morgan fingerprint density at radius 1 is 0.615 bits per heavy atom. The summed E-state index contributed by atoms with van der Waals surface area (Å²) in [4.78, 5) is 35.7. The van der Waals surface area contributed by atoms with Gasteiger partial charge in [0.05, 0.1) is 11.4 Å². The number of unbranched alkanes of at least 4 members (excludes halogenated alkanes) is 6. The molecule has 1 aromatic heterocycles. The van der Waals surface area contributed by atoms with E-state index in [4.69, 9.17) is 21.4 Å². The number of carbonyl (C=O) groups is 2. The Balaban J connectivity index is 0.639. The molecule has 9 rings (SSSR count). The number of quaternary nitrogens is 1. The number of hydrogen-bond donors (Lipinski definition) is 9. The molecule has 0 aliphatic heterocycles. The van der Waals surface area contributed by atoms with Crippen molar-refractivity contribution in [1.82, 2.24) is 20.9 Å². The van der Waals surface area contributed by atoms with Crippen LogP contribution in [0.2, 0.25) is 0 Å². The SMILES string of the molecule is CC1=CC(=Nc2cc(O)c(N)cc2[NH2+]c2ccccc2)CC=C1NCCCCCCNC(=O)c1ccc(-c2ccc(C(=O)NCCCCCCNc3cc4c(cc3C)nc3cc(O)c(N)cc3[n+]4-c3ccccc3)cc2)cc1. The molecule has 2 amide bonds. The Kier molecular flexibility index (Phi) is 17.7. The minimum absolute atomic E-state index is 0.0139.